The van der Waals surface area contributed by atoms with E-state index < -0.39 is 71.3 Å². The molecule has 18 nitrogen and oxygen atoms in total. The third-order valence-corrected chi connectivity index (χ3v) is 12.6. The van der Waals surface area contributed by atoms with Gasteiger partial charge in [-0.25, -0.2) is 28.8 Å². The molecule has 0 saturated carbocycles. The van der Waals surface area contributed by atoms with E-state index in [1.54, 1.807) is 64.1 Å². The SMILES string of the molecule is CCOC(=O)C1=C(COC(N)C(C)(C)OC(=O)/C=C/C(=O)OC(C)(C)C(N)OCC2=C(C(=O)OCC)C(c3cccc(Cl)c3Cl)C(C(=O)OC)=C(C)N2)NC(C)=C(C(=O)OC)C1c1cccc(Cl)c1Cl. The number of dihydropyridines is 2. The van der Waals surface area contributed by atoms with E-state index in [1.165, 1.54) is 41.9 Å². The van der Waals surface area contributed by atoms with Gasteiger partial charge in [-0.15, -0.1) is 0 Å². The number of nitrogens with one attached hydrogen (secondary N) is 2. The summed E-state index contributed by atoms with van der Waals surface area (Å²) in [5, 5.41) is 6.58. The van der Waals surface area contributed by atoms with Crippen LogP contribution in [0.3, 0.4) is 0 Å². The highest BCUT2D eigenvalue weighted by Gasteiger charge is 2.43. The van der Waals surface area contributed by atoms with Crippen molar-refractivity contribution in [2.45, 2.75) is 90.9 Å². The number of hydrogen-bond donors (Lipinski definition) is 4. The van der Waals surface area contributed by atoms with Crippen LogP contribution < -0.4 is 22.1 Å². The quantitative estimate of drug-likeness (QED) is 0.0466. The third kappa shape index (κ3) is 13.3. The maximum atomic E-state index is 13.6. The summed E-state index contributed by atoms with van der Waals surface area (Å²) in [5.74, 6) is -7.32. The molecule has 0 fully saturated rings. The van der Waals surface area contributed by atoms with Crippen LogP contribution in [0.5, 0.6) is 0 Å². The monoisotopic (exact) mass is 1050 g/mol. The molecule has 2 aromatic carbocycles. The van der Waals surface area contributed by atoms with E-state index in [1.807, 2.05) is 0 Å². The maximum Gasteiger partial charge on any atom is 0.336 e. The van der Waals surface area contributed by atoms with Crippen molar-refractivity contribution in [1.82, 2.24) is 10.6 Å². The van der Waals surface area contributed by atoms with Crippen LogP contribution >= 0.6 is 46.4 Å². The zero-order chi connectivity index (χ0) is 52.4. The van der Waals surface area contributed by atoms with Crippen LogP contribution in [0.1, 0.15) is 78.4 Å². The summed E-state index contributed by atoms with van der Waals surface area (Å²) in [7, 11) is 2.39. The highest BCUT2D eigenvalue weighted by atomic mass is 35.5. The molecule has 4 unspecified atom stereocenters. The summed E-state index contributed by atoms with van der Waals surface area (Å²) in [6.45, 7) is 11.4. The zero-order valence-corrected chi connectivity index (χ0v) is 43.2. The van der Waals surface area contributed by atoms with Gasteiger partial charge in [0.05, 0.1) is 106 Å². The zero-order valence-electron chi connectivity index (χ0n) is 40.1. The van der Waals surface area contributed by atoms with Crippen molar-refractivity contribution >= 4 is 82.2 Å². The average molecular weight is 1050 g/mol. The molecule has 380 valence electrons. The van der Waals surface area contributed by atoms with Gasteiger partial charge >= 0.3 is 35.8 Å². The van der Waals surface area contributed by atoms with Gasteiger partial charge in [0.25, 0.3) is 0 Å². The van der Waals surface area contributed by atoms with Crippen molar-refractivity contribution < 1.29 is 66.7 Å². The highest BCUT2D eigenvalue weighted by molar-refractivity contribution is 6.43. The summed E-state index contributed by atoms with van der Waals surface area (Å²) < 4.78 is 44.0. The van der Waals surface area contributed by atoms with Crippen molar-refractivity contribution in [1.29, 1.82) is 0 Å². The second-order valence-electron chi connectivity index (χ2n) is 16.5. The number of hydrogen-bond acceptors (Lipinski definition) is 18. The molecule has 0 amide bonds. The first-order valence-electron chi connectivity index (χ1n) is 21.6. The summed E-state index contributed by atoms with van der Waals surface area (Å²) >= 11 is 26.0. The van der Waals surface area contributed by atoms with E-state index in [-0.39, 0.29) is 80.2 Å². The molecule has 4 rings (SSSR count). The number of ether oxygens (including phenoxy) is 8. The third-order valence-electron chi connectivity index (χ3n) is 10.9. The number of rotatable bonds is 20. The molecule has 22 heteroatoms. The fraction of sp³-hybridized carbons (Fsp3) is 0.417. The predicted molar refractivity (Wildman–Crippen MR) is 259 cm³/mol. The first-order chi connectivity index (χ1) is 32.9. The van der Waals surface area contributed by atoms with Gasteiger partial charge in [-0.2, -0.15) is 0 Å². The molecule has 0 spiro atoms. The van der Waals surface area contributed by atoms with E-state index >= 15 is 0 Å². The molecule has 4 atom stereocenters. The van der Waals surface area contributed by atoms with Crippen molar-refractivity contribution in [2.24, 2.45) is 11.5 Å². The Bertz CT molecular complexity index is 2380. The number of carbonyl (C=O) groups excluding carboxylic acids is 6. The van der Waals surface area contributed by atoms with Crippen LogP contribution in [0, 0.1) is 0 Å². The fourth-order valence-corrected chi connectivity index (χ4v) is 8.21. The van der Waals surface area contributed by atoms with Gasteiger partial charge in [0, 0.05) is 23.5 Å². The minimum atomic E-state index is -1.55. The van der Waals surface area contributed by atoms with Crippen molar-refractivity contribution in [3.63, 3.8) is 0 Å². The topological polar surface area (TPSA) is 252 Å². The lowest BCUT2D eigenvalue weighted by Gasteiger charge is -2.34. The summed E-state index contributed by atoms with van der Waals surface area (Å²) in [6.07, 6.45) is -1.07. The number of benzene rings is 2. The molecule has 2 aromatic rings. The largest absolute Gasteiger partial charge is 0.466 e. The van der Waals surface area contributed by atoms with E-state index in [0.29, 0.717) is 22.5 Å². The molecule has 0 bridgehead atoms. The summed E-state index contributed by atoms with van der Waals surface area (Å²) in [4.78, 5) is 79.7. The molecule has 0 radical (unpaired) electrons. The lowest BCUT2D eigenvalue weighted by Crippen LogP contribution is -2.49. The lowest BCUT2D eigenvalue weighted by atomic mass is 9.80. The summed E-state index contributed by atoms with van der Waals surface area (Å²) in [5.41, 5.74) is 11.3. The normalized spacial score (nSPS) is 17.4. The van der Waals surface area contributed by atoms with Gasteiger partial charge in [0.2, 0.25) is 0 Å². The number of esters is 6. The van der Waals surface area contributed by atoms with Gasteiger partial charge in [-0.3, -0.25) is 0 Å². The van der Waals surface area contributed by atoms with Crippen LogP contribution in [0.2, 0.25) is 20.1 Å². The molecule has 2 heterocycles. The first kappa shape index (κ1) is 57.1. The Kier molecular flexibility index (Phi) is 20.1. The Hall–Kier alpha value is -5.44. The first-order valence-corrected chi connectivity index (χ1v) is 23.1. The number of methoxy groups -OCH3 is 2. The van der Waals surface area contributed by atoms with Gasteiger partial charge < -0.3 is 60.0 Å². The van der Waals surface area contributed by atoms with Crippen LogP contribution in [0.25, 0.3) is 0 Å². The Labute approximate surface area is 425 Å². The van der Waals surface area contributed by atoms with Crippen LogP contribution in [0.4, 0.5) is 0 Å². The van der Waals surface area contributed by atoms with E-state index in [9.17, 15) is 28.8 Å². The molecular weight excluding hydrogens is 998 g/mol. The van der Waals surface area contributed by atoms with Crippen LogP contribution in [-0.2, 0) is 66.7 Å². The van der Waals surface area contributed by atoms with Crippen molar-refractivity contribution in [3.05, 3.63) is 125 Å². The lowest BCUT2D eigenvalue weighted by molar-refractivity contribution is -0.168. The van der Waals surface area contributed by atoms with E-state index in [4.69, 9.17) is 95.8 Å². The Balaban J connectivity index is 1.48. The molecular formula is C48H56Cl4N4O14. The molecule has 70 heavy (non-hydrogen) atoms. The van der Waals surface area contributed by atoms with Gasteiger partial charge in [0.15, 0.2) is 0 Å². The number of nitrogens with two attached hydrogens (primary N) is 2. The summed E-state index contributed by atoms with van der Waals surface area (Å²) in [6, 6.07) is 9.54. The molecule has 2 aliphatic rings. The Morgan fingerprint density at radius 1 is 0.600 bits per heavy atom. The van der Waals surface area contributed by atoms with Gasteiger partial charge in [-0.05, 0) is 78.6 Å². The van der Waals surface area contributed by atoms with Gasteiger partial charge in [-0.1, -0.05) is 70.7 Å². The molecule has 6 N–H and O–H groups in total. The number of carbonyl (C=O) groups is 6. The van der Waals surface area contributed by atoms with Crippen molar-refractivity contribution in [3.8, 4) is 0 Å². The molecule has 0 aromatic heterocycles. The molecule has 2 aliphatic heterocycles. The minimum absolute atomic E-state index is 0.0119. The van der Waals surface area contributed by atoms with E-state index in [0.717, 1.165) is 12.2 Å². The average Bonchev–Trinajstić information content (AvgIpc) is 3.29. The maximum absolute atomic E-state index is 13.6. The van der Waals surface area contributed by atoms with Crippen LogP contribution in [0.15, 0.2) is 93.6 Å². The predicted octanol–water partition coefficient (Wildman–Crippen LogP) is 6.71. The molecule has 0 saturated heterocycles. The fourth-order valence-electron chi connectivity index (χ4n) is 7.38. The molecule has 0 aliphatic carbocycles. The number of halogens is 4. The van der Waals surface area contributed by atoms with Crippen LogP contribution in [-0.4, -0.2) is 100 Å². The smallest absolute Gasteiger partial charge is 0.336 e. The van der Waals surface area contributed by atoms with E-state index in [2.05, 4.69) is 10.6 Å². The van der Waals surface area contributed by atoms with Crippen molar-refractivity contribution in [2.75, 3.05) is 40.6 Å². The van der Waals surface area contributed by atoms with Gasteiger partial charge in [0.1, 0.15) is 23.7 Å². The second-order valence-corrected chi connectivity index (χ2v) is 18.1. The number of allylic oxidation sites excluding steroid dienone is 2. The second kappa shape index (κ2) is 24.6. The Morgan fingerprint density at radius 2 is 0.943 bits per heavy atom. The minimum Gasteiger partial charge on any atom is -0.466 e. The standard InChI is InChI=1S/C48H56Cl4N4O14/c1-11-65-43(61)37-29(55-23(3)33(41(59)63-9)35(37)25-15-13-17-27(49)39(25)51)21-67-45(53)47(5,6)69-31(57)19-20-32(58)70-48(7,8)46(54)68-22-30-38(44(62)66-12-2)36(26-16-14-18-28(50)40(26)52)34(24(4)56-30)42(60)64-10/h13-20,35-36,45-46,55-56H,11-12,21-22,53-54H2,1-10H3/b20-19+. The Morgan fingerprint density at radius 3 is 1.26 bits per heavy atom. The highest BCUT2D eigenvalue weighted by Crippen LogP contribution is 2.45.